The minimum Gasteiger partial charge on any atom is -0.491 e. The number of primary amides is 1. The normalized spacial score (nSPS) is 12.2. The van der Waals surface area contributed by atoms with Crippen molar-refractivity contribution in [1.82, 2.24) is 0 Å². The van der Waals surface area contributed by atoms with E-state index < -0.39 is 18.0 Å². The smallest absolute Gasteiger partial charge is 0.306 e. The van der Waals surface area contributed by atoms with E-state index in [2.05, 4.69) is 41.5 Å². The number of hydrogen-bond acceptors (Lipinski definition) is 8. The van der Waals surface area contributed by atoms with Gasteiger partial charge in [-0.05, 0) is 60.9 Å². The van der Waals surface area contributed by atoms with Gasteiger partial charge in [-0.1, -0.05) is 46.8 Å². The van der Waals surface area contributed by atoms with E-state index in [4.69, 9.17) is 10.5 Å². The summed E-state index contributed by atoms with van der Waals surface area (Å²) >= 11 is 1.51. The summed E-state index contributed by atoms with van der Waals surface area (Å²) in [4.78, 5) is 34.4. The van der Waals surface area contributed by atoms with Gasteiger partial charge in [-0.2, -0.15) is 0 Å². The lowest BCUT2D eigenvalue weighted by atomic mass is 9.74. The average Bonchev–Trinajstić information content (AvgIpc) is 3.29. The van der Waals surface area contributed by atoms with Gasteiger partial charge in [0, 0.05) is 10.3 Å². The molecule has 1 aromatic carbocycles. The molecule has 3 N–H and O–H groups in total. The molecule has 1 unspecified atom stereocenters. The number of carbonyl (C=O) groups is 3. The summed E-state index contributed by atoms with van der Waals surface area (Å²) in [5, 5.41) is 10.3. The van der Waals surface area contributed by atoms with E-state index in [0.717, 1.165) is 29.7 Å². The first-order valence-electron chi connectivity index (χ1n) is 13.1. The average molecular weight is 564 g/mol. The van der Waals surface area contributed by atoms with Crippen LogP contribution >= 0.6 is 11.3 Å². The number of amides is 1. The van der Waals surface area contributed by atoms with Gasteiger partial charge < -0.3 is 25.1 Å². The number of hydrogen-bond donors (Lipinski definition) is 2. The maximum absolute atomic E-state index is 11.8. The van der Waals surface area contributed by atoms with E-state index in [1.165, 1.54) is 36.0 Å². The maximum atomic E-state index is 11.8. The molecule has 0 aliphatic carbocycles. The second kappa shape index (κ2) is 15.0. The van der Waals surface area contributed by atoms with Crippen LogP contribution in [0.3, 0.4) is 0 Å². The first kappa shape index (κ1) is 34.1. The zero-order chi connectivity index (χ0) is 30.0. The Morgan fingerprint density at radius 2 is 1.49 bits per heavy atom. The number of benzene rings is 1. The lowest BCUT2D eigenvalue weighted by molar-refractivity contribution is -0.147. The fraction of sp³-hybridized carbons (Fsp3) is 0.567. The van der Waals surface area contributed by atoms with Gasteiger partial charge in [0.2, 0.25) is 0 Å². The van der Waals surface area contributed by atoms with Crippen LogP contribution in [-0.2, 0) is 24.5 Å². The summed E-state index contributed by atoms with van der Waals surface area (Å²) in [6.07, 6.45) is 1.48. The number of nitrogens with two attached hydrogens (primary N) is 1. The third kappa shape index (κ3) is 9.35. The molecule has 2 aromatic rings. The second-order valence-corrected chi connectivity index (χ2v) is 11.7. The molecule has 2 rings (SSSR count). The van der Waals surface area contributed by atoms with Crippen molar-refractivity contribution in [2.75, 3.05) is 20.8 Å². The quantitative estimate of drug-likeness (QED) is 0.347. The highest BCUT2D eigenvalue weighted by atomic mass is 32.1. The van der Waals surface area contributed by atoms with E-state index in [9.17, 15) is 19.5 Å². The summed E-state index contributed by atoms with van der Waals surface area (Å²) in [7, 11) is 2.55. The first-order chi connectivity index (χ1) is 18.2. The SMILES string of the molecule is CCC(CC)(c1ccc(OCC(O)C(C)(C)C)c(C)c1)c1cc(C)c(C(N)=O)s1.COC(=O)CCC(=O)OC. The highest BCUT2D eigenvalue weighted by Gasteiger charge is 2.34. The molecule has 39 heavy (non-hydrogen) atoms. The number of carbonyl (C=O) groups excluding carboxylic acids is 3. The van der Waals surface area contributed by atoms with Gasteiger partial charge in [0.1, 0.15) is 12.4 Å². The molecule has 1 amide bonds. The molecule has 0 radical (unpaired) electrons. The number of methoxy groups -OCH3 is 2. The molecule has 1 heterocycles. The van der Waals surface area contributed by atoms with Crippen LogP contribution in [-0.4, -0.2) is 49.9 Å². The van der Waals surface area contributed by atoms with E-state index in [0.29, 0.717) is 4.88 Å². The highest BCUT2D eigenvalue weighted by Crippen LogP contribution is 2.44. The highest BCUT2D eigenvalue weighted by molar-refractivity contribution is 7.14. The topological polar surface area (TPSA) is 125 Å². The second-order valence-electron chi connectivity index (χ2n) is 10.6. The molecule has 0 aliphatic heterocycles. The van der Waals surface area contributed by atoms with Crippen molar-refractivity contribution in [1.29, 1.82) is 0 Å². The lowest BCUT2D eigenvalue weighted by Crippen LogP contribution is -2.32. The van der Waals surface area contributed by atoms with Gasteiger partial charge in [0.15, 0.2) is 0 Å². The lowest BCUT2D eigenvalue weighted by Gasteiger charge is -2.32. The molecule has 218 valence electrons. The summed E-state index contributed by atoms with van der Waals surface area (Å²) in [6, 6.07) is 8.38. The van der Waals surface area contributed by atoms with Gasteiger partial charge in [-0.3, -0.25) is 14.4 Å². The molecule has 9 heteroatoms. The zero-order valence-corrected chi connectivity index (χ0v) is 25.6. The van der Waals surface area contributed by atoms with E-state index in [-0.39, 0.29) is 36.2 Å². The molecule has 1 atom stereocenters. The van der Waals surface area contributed by atoms with Gasteiger partial charge in [0.05, 0.1) is 38.0 Å². The Hall–Kier alpha value is -2.91. The molecule has 1 aromatic heterocycles. The summed E-state index contributed by atoms with van der Waals surface area (Å²) in [6.45, 7) is 14.6. The number of rotatable bonds is 11. The van der Waals surface area contributed by atoms with E-state index in [1.54, 1.807) is 0 Å². The summed E-state index contributed by atoms with van der Waals surface area (Å²) in [5.74, 6) is -0.369. The van der Waals surface area contributed by atoms with Crippen LogP contribution in [0.15, 0.2) is 24.3 Å². The van der Waals surface area contributed by atoms with Gasteiger partial charge in [-0.15, -0.1) is 11.3 Å². The number of aryl methyl sites for hydroxylation is 2. The third-order valence-electron chi connectivity index (χ3n) is 6.93. The zero-order valence-electron chi connectivity index (χ0n) is 24.8. The number of ether oxygens (including phenoxy) is 3. The van der Waals surface area contributed by atoms with Crippen molar-refractivity contribution >= 4 is 29.2 Å². The molecular weight excluding hydrogens is 518 g/mol. The van der Waals surface area contributed by atoms with Crippen molar-refractivity contribution in [3.63, 3.8) is 0 Å². The fourth-order valence-electron chi connectivity index (χ4n) is 4.05. The molecule has 0 aliphatic rings. The molecule has 0 spiro atoms. The van der Waals surface area contributed by atoms with Crippen molar-refractivity contribution in [3.8, 4) is 5.75 Å². The Labute approximate surface area is 236 Å². The Morgan fingerprint density at radius 3 is 1.87 bits per heavy atom. The van der Waals surface area contributed by atoms with Crippen molar-refractivity contribution in [2.24, 2.45) is 11.1 Å². The van der Waals surface area contributed by atoms with Crippen LogP contribution in [0, 0.1) is 19.3 Å². The minimum absolute atomic E-state index is 0.0865. The molecule has 0 saturated heterocycles. The largest absolute Gasteiger partial charge is 0.491 e. The van der Waals surface area contributed by atoms with Crippen molar-refractivity contribution < 1.29 is 33.7 Å². The number of aliphatic hydroxyl groups excluding tert-OH is 1. The van der Waals surface area contributed by atoms with Crippen LogP contribution in [0.5, 0.6) is 5.75 Å². The van der Waals surface area contributed by atoms with E-state index in [1.807, 2.05) is 40.7 Å². The number of thiophene rings is 1. The monoisotopic (exact) mass is 563 g/mol. The molecule has 8 nitrogen and oxygen atoms in total. The number of esters is 2. The minimum atomic E-state index is -0.534. The maximum Gasteiger partial charge on any atom is 0.306 e. The Bertz CT molecular complexity index is 1100. The Kier molecular flexibility index (Phi) is 13.1. The summed E-state index contributed by atoms with van der Waals surface area (Å²) in [5.41, 5.74) is 8.36. The fourth-order valence-corrected chi connectivity index (χ4v) is 5.43. The van der Waals surface area contributed by atoms with Crippen LogP contribution in [0.25, 0.3) is 0 Å². The van der Waals surface area contributed by atoms with Crippen LogP contribution in [0.1, 0.15) is 91.5 Å². The van der Waals surface area contributed by atoms with E-state index >= 15 is 0 Å². The van der Waals surface area contributed by atoms with Crippen LogP contribution in [0.4, 0.5) is 0 Å². The molecule has 0 bridgehead atoms. The number of aliphatic hydroxyl groups is 1. The van der Waals surface area contributed by atoms with Crippen molar-refractivity contribution in [2.45, 2.75) is 85.7 Å². The van der Waals surface area contributed by atoms with Crippen LogP contribution < -0.4 is 10.5 Å². The molecular formula is C30H45NO7S. The standard InChI is InChI=1S/C24H35NO3S.C6H10O4/c1-8-24(9-2,20-13-16(4)21(29-20)22(25)27)17-10-11-18(15(3)12-17)28-14-19(26)23(5,6)7;1-9-5(7)3-4-6(8)10-2/h10-13,19,26H,8-9,14H2,1-7H3,(H2,25,27);3-4H2,1-2H3. The van der Waals surface area contributed by atoms with Gasteiger partial charge in [0.25, 0.3) is 5.91 Å². The predicted octanol–water partition coefficient (Wildman–Crippen LogP) is 5.47. The summed E-state index contributed by atoms with van der Waals surface area (Å²) < 4.78 is 14.5. The van der Waals surface area contributed by atoms with Gasteiger partial charge >= 0.3 is 11.9 Å². The molecule has 0 fully saturated rings. The Balaban J connectivity index is 0.000000646. The van der Waals surface area contributed by atoms with Crippen molar-refractivity contribution in [3.05, 3.63) is 50.7 Å². The first-order valence-corrected chi connectivity index (χ1v) is 13.9. The predicted molar refractivity (Wildman–Crippen MR) is 154 cm³/mol. The molecule has 0 saturated carbocycles. The van der Waals surface area contributed by atoms with Gasteiger partial charge in [-0.25, -0.2) is 0 Å². The third-order valence-corrected chi connectivity index (χ3v) is 8.39. The Morgan fingerprint density at radius 1 is 0.949 bits per heavy atom. The van der Waals surface area contributed by atoms with Crippen LogP contribution in [0.2, 0.25) is 0 Å².